The number of fused-ring (bicyclic) bond motifs is 4. The highest BCUT2D eigenvalue weighted by molar-refractivity contribution is 6.06. The van der Waals surface area contributed by atoms with Crippen LogP contribution in [0.25, 0.3) is 21.9 Å². The maximum Gasteiger partial charge on any atom is 0.135 e. The van der Waals surface area contributed by atoms with Crippen LogP contribution in [0.1, 0.15) is 25.0 Å². The van der Waals surface area contributed by atoms with Gasteiger partial charge < -0.3 is 4.42 Å². The highest BCUT2D eigenvalue weighted by atomic mass is 16.3. The predicted molar refractivity (Wildman–Crippen MR) is 65.8 cm³/mol. The van der Waals surface area contributed by atoms with Gasteiger partial charge in [0.2, 0.25) is 0 Å². The third kappa shape index (κ3) is 0.827. The van der Waals surface area contributed by atoms with Gasteiger partial charge in [-0.1, -0.05) is 32.0 Å². The Labute approximate surface area is 93.7 Å². The first-order valence-corrected chi connectivity index (χ1v) is 5.64. The van der Waals surface area contributed by atoms with Crippen molar-refractivity contribution < 1.29 is 4.42 Å². The Morgan fingerprint density at radius 3 is 2.50 bits per heavy atom. The average molecular weight is 208 g/mol. The molecule has 16 heavy (non-hydrogen) atoms. The van der Waals surface area contributed by atoms with Crippen molar-refractivity contribution in [2.24, 2.45) is 0 Å². The second kappa shape index (κ2) is 2.32. The van der Waals surface area contributed by atoms with Crippen molar-refractivity contribution in [2.45, 2.75) is 19.3 Å². The van der Waals surface area contributed by atoms with E-state index in [-0.39, 0.29) is 5.41 Å². The number of benzene rings is 2. The van der Waals surface area contributed by atoms with Crippen molar-refractivity contribution in [2.75, 3.05) is 0 Å². The summed E-state index contributed by atoms with van der Waals surface area (Å²) in [5.74, 6) is 0. The molecule has 0 fully saturated rings. The molecule has 1 heterocycles. The first-order valence-electron chi connectivity index (χ1n) is 5.64. The molecule has 1 heteroatoms. The zero-order valence-electron chi connectivity index (χ0n) is 9.37. The molecule has 0 aliphatic heterocycles. The van der Waals surface area contributed by atoms with Gasteiger partial charge in [0.1, 0.15) is 11.2 Å². The van der Waals surface area contributed by atoms with Crippen molar-refractivity contribution in [1.29, 1.82) is 0 Å². The standard InChI is InChI=1S/C15H12O/c1-15(2)11-7-10-9-5-3-4-6-13(9)16-14(10)8-12(11)15/h3-8H,1-2H3. The van der Waals surface area contributed by atoms with E-state index in [2.05, 4.69) is 38.1 Å². The van der Waals surface area contributed by atoms with E-state index in [4.69, 9.17) is 4.42 Å². The Balaban J connectivity index is 2.18. The maximum absolute atomic E-state index is 5.86. The van der Waals surface area contributed by atoms with Crippen LogP contribution in [-0.2, 0) is 5.41 Å². The van der Waals surface area contributed by atoms with Crippen molar-refractivity contribution in [3.8, 4) is 0 Å². The summed E-state index contributed by atoms with van der Waals surface area (Å²) < 4.78 is 5.86. The molecule has 0 amide bonds. The first-order chi connectivity index (χ1) is 7.68. The zero-order chi connectivity index (χ0) is 10.9. The molecule has 1 nitrogen and oxygen atoms in total. The van der Waals surface area contributed by atoms with Gasteiger partial charge in [-0.15, -0.1) is 0 Å². The molecule has 1 aliphatic carbocycles. The van der Waals surface area contributed by atoms with E-state index in [0.717, 1.165) is 11.2 Å². The van der Waals surface area contributed by atoms with Gasteiger partial charge in [0.05, 0.1) is 0 Å². The molecular weight excluding hydrogens is 196 g/mol. The fraction of sp³-hybridized carbons (Fsp3) is 0.200. The quantitative estimate of drug-likeness (QED) is 0.539. The lowest BCUT2D eigenvalue weighted by Gasteiger charge is -1.93. The summed E-state index contributed by atoms with van der Waals surface area (Å²) in [7, 11) is 0. The Bertz CT molecular complexity index is 732. The third-order valence-electron chi connectivity index (χ3n) is 3.80. The highest BCUT2D eigenvalue weighted by Gasteiger charge is 2.42. The number of hydrogen-bond donors (Lipinski definition) is 0. The van der Waals surface area contributed by atoms with Gasteiger partial charge in [-0.2, -0.15) is 0 Å². The molecule has 2 aromatic carbocycles. The van der Waals surface area contributed by atoms with E-state index in [1.54, 1.807) is 0 Å². The molecular formula is C15H12O. The van der Waals surface area contributed by atoms with Crippen LogP contribution in [0.3, 0.4) is 0 Å². The lowest BCUT2D eigenvalue weighted by Crippen LogP contribution is -1.89. The lowest BCUT2D eigenvalue weighted by molar-refractivity contribution is 0.668. The molecule has 0 bridgehead atoms. The van der Waals surface area contributed by atoms with Crippen LogP contribution in [0.15, 0.2) is 40.8 Å². The fourth-order valence-electron chi connectivity index (χ4n) is 2.66. The fourth-order valence-corrected chi connectivity index (χ4v) is 2.66. The van der Waals surface area contributed by atoms with Gasteiger partial charge in [-0.05, 0) is 29.3 Å². The second-order valence-electron chi connectivity index (χ2n) is 5.12. The van der Waals surface area contributed by atoms with Crippen LogP contribution >= 0.6 is 0 Å². The molecule has 0 unspecified atom stereocenters. The SMILES string of the molecule is CC1(C)c2cc3oc4ccccc4c3cc21. The van der Waals surface area contributed by atoms with Gasteiger partial charge in [-0.3, -0.25) is 0 Å². The topological polar surface area (TPSA) is 13.1 Å². The average Bonchev–Trinajstić information content (AvgIpc) is 2.69. The van der Waals surface area contributed by atoms with Crippen LogP contribution in [0, 0.1) is 0 Å². The maximum atomic E-state index is 5.86. The molecule has 0 saturated carbocycles. The molecule has 78 valence electrons. The third-order valence-corrected chi connectivity index (χ3v) is 3.80. The molecule has 4 rings (SSSR count). The summed E-state index contributed by atoms with van der Waals surface area (Å²) >= 11 is 0. The number of hydrogen-bond acceptors (Lipinski definition) is 1. The van der Waals surface area contributed by atoms with Crippen LogP contribution in [0.2, 0.25) is 0 Å². The molecule has 3 aromatic rings. The van der Waals surface area contributed by atoms with Gasteiger partial charge in [0.25, 0.3) is 0 Å². The van der Waals surface area contributed by atoms with Crippen LogP contribution in [0.5, 0.6) is 0 Å². The molecule has 0 saturated heterocycles. The van der Waals surface area contributed by atoms with Crippen molar-refractivity contribution in [3.63, 3.8) is 0 Å². The highest BCUT2D eigenvalue weighted by Crippen LogP contribution is 2.51. The van der Waals surface area contributed by atoms with E-state index in [1.807, 2.05) is 12.1 Å². The monoisotopic (exact) mass is 208 g/mol. The number of furan rings is 1. The van der Waals surface area contributed by atoms with E-state index < -0.39 is 0 Å². The molecule has 0 N–H and O–H groups in total. The Hall–Kier alpha value is -1.76. The molecule has 0 radical (unpaired) electrons. The van der Waals surface area contributed by atoms with Crippen molar-refractivity contribution >= 4 is 21.9 Å². The molecule has 0 atom stereocenters. The first kappa shape index (κ1) is 8.40. The molecule has 1 aliphatic rings. The van der Waals surface area contributed by atoms with Crippen LogP contribution in [-0.4, -0.2) is 0 Å². The summed E-state index contributed by atoms with van der Waals surface area (Å²) in [6.07, 6.45) is 0. The van der Waals surface area contributed by atoms with Crippen molar-refractivity contribution in [1.82, 2.24) is 0 Å². The number of rotatable bonds is 0. The summed E-state index contributed by atoms with van der Waals surface area (Å²) in [5, 5.41) is 2.47. The van der Waals surface area contributed by atoms with Gasteiger partial charge in [-0.25, -0.2) is 0 Å². The lowest BCUT2D eigenvalue weighted by atomic mass is 10.1. The van der Waals surface area contributed by atoms with Gasteiger partial charge >= 0.3 is 0 Å². The van der Waals surface area contributed by atoms with E-state index in [1.165, 1.54) is 21.9 Å². The van der Waals surface area contributed by atoms with E-state index in [0.29, 0.717) is 0 Å². The van der Waals surface area contributed by atoms with Gasteiger partial charge in [0, 0.05) is 16.2 Å². The summed E-state index contributed by atoms with van der Waals surface area (Å²) in [6.45, 7) is 4.53. The van der Waals surface area contributed by atoms with Crippen LogP contribution < -0.4 is 0 Å². The normalized spacial score (nSPS) is 16.6. The summed E-state index contributed by atoms with van der Waals surface area (Å²) in [6, 6.07) is 12.7. The Morgan fingerprint density at radius 1 is 0.875 bits per heavy atom. The largest absolute Gasteiger partial charge is 0.456 e. The van der Waals surface area contributed by atoms with E-state index >= 15 is 0 Å². The van der Waals surface area contributed by atoms with Crippen LogP contribution in [0.4, 0.5) is 0 Å². The van der Waals surface area contributed by atoms with Gasteiger partial charge in [0.15, 0.2) is 0 Å². The molecule has 0 spiro atoms. The Morgan fingerprint density at radius 2 is 1.62 bits per heavy atom. The minimum atomic E-state index is 0.267. The minimum Gasteiger partial charge on any atom is -0.456 e. The van der Waals surface area contributed by atoms with Crippen molar-refractivity contribution in [3.05, 3.63) is 47.5 Å². The summed E-state index contributed by atoms with van der Waals surface area (Å²) in [4.78, 5) is 0. The second-order valence-corrected chi connectivity index (χ2v) is 5.12. The smallest absolute Gasteiger partial charge is 0.135 e. The molecule has 1 aromatic heterocycles. The van der Waals surface area contributed by atoms with E-state index in [9.17, 15) is 0 Å². The number of para-hydroxylation sites is 1. The summed E-state index contributed by atoms with van der Waals surface area (Å²) in [5.41, 5.74) is 5.17. The minimum absolute atomic E-state index is 0.267. The Kier molecular flexibility index (Phi) is 1.22. The predicted octanol–water partition coefficient (Wildman–Crippen LogP) is 4.23. The zero-order valence-corrected chi connectivity index (χ0v) is 9.37.